The third kappa shape index (κ3) is 1.31. The van der Waals surface area contributed by atoms with Gasteiger partial charge in [0.05, 0.1) is 11.2 Å². The predicted octanol–water partition coefficient (Wildman–Crippen LogP) is 3.01. The summed E-state index contributed by atoms with van der Waals surface area (Å²) < 4.78 is 1.94. The van der Waals surface area contributed by atoms with Crippen LogP contribution in [0.1, 0.15) is 31.0 Å². The Morgan fingerprint density at radius 1 is 1.29 bits per heavy atom. The summed E-state index contributed by atoms with van der Waals surface area (Å²) in [4.78, 5) is 0. The van der Waals surface area contributed by atoms with Crippen LogP contribution in [0.3, 0.4) is 0 Å². The molecule has 1 aromatic heterocycles. The summed E-state index contributed by atoms with van der Waals surface area (Å²) in [6.45, 7) is 6.49. The van der Waals surface area contributed by atoms with Crippen molar-refractivity contribution >= 4 is 10.9 Å². The molecular formula is C12H16N2. The van der Waals surface area contributed by atoms with Crippen LogP contribution < -0.4 is 0 Å². The maximum Gasteiger partial charge on any atom is 0.0682 e. The number of nitrogens with zero attached hydrogens (tertiary/aromatic N) is 2. The van der Waals surface area contributed by atoms with Gasteiger partial charge in [-0.05, 0) is 30.5 Å². The first-order chi connectivity index (χ1) is 6.59. The summed E-state index contributed by atoms with van der Waals surface area (Å²) >= 11 is 0. The van der Waals surface area contributed by atoms with Crippen molar-refractivity contribution in [2.24, 2.45) is 7.05 Å². The second-order valence-electron chi connectivity index (χ2n) is 4.14. The van der Waals surface area contributed by atoms with Gasteiger partial charge in [0.1, 0.15) is 0 Å². The molecule has 0 saturated carbocycles. The molecule has 0 bridgehead atoms. The highest BCUT2D eigenvalue weighted by Crippen LogP contribution is 2.23. The summed E-state index contributed by atoms with van der Waals surface area (Å²) in [5, 5.41) is 5.68. The number of hydrogen-bond acceptors (Lipinski definition) is 1. The Kier molecular flexibility index (Phi) is 2.06. The maximum absolute atomic E-state index is 4.41. The van der Waals surface area contributed by atoms with Gasteiger partial charge in [-0.1, -0.05) is 19.9 Å². The van der Waals surface area contributed by atoms with E-state index in [1.807, 2.05) is 11.7 Å². The van der Waals surface area contributed by atoms with Crippen LogP contribution in [-0.4, -0.2) is 9.78 Å². The zero-order valence-electron chi connectivity index (χ0n) is 9.20. The molecule has 0 aliphatic carbocycles. The molecule has 2 aromatic rings. The Bertz CT molecular complexity index is 466. The van der Waals surface area contributed by atoms with Crippen LogP contribution in [0.2, 0.25) is 0 Å². The third-order valence-corrected chi connectivity index (χ3v) is 2.73. The molecule has 74 valence electrons. The van der Waals surface area contributed by atoms with Gasteiger partial charge in [-0.2, -0.15) is 5.10 Å². The van der Waals surface area contributed by atoms with E-state index >= 15 is 0 Å². The Morgan fingerprint density at radius 2 is 2.00 bits per heavy atom. The third-order valence-electron chi connectivity index (χ3n) is 2.73. The molecule has 0 aliphatic heterocycles. The number of aromatic nitrogens is 2. The summed E-state index contributed by atoms with van der Waals surface area (Å²) in [5.74, 6) is 0.582. The van der Waals surface area contributed by atoms with E-state index in [1.165, 1.54) is 16.5 Å². The lowest BCUT2D eigenvalue weighted by atomic mass is 10.0. The van der Waals surface area contributed by atoms with E-state index < -0.39 is 0 Å². The van der Waals surface area contributed by atoms with Gasteiger partial charge < -0.3 is 0 Å². The van der Waals surface area contributed by atoms with E-state index in [-0.39, 0.29) is 0 Å². The van der Waals surface area contributed by atoms with Crippen molar-refractivity contribution < 1.29 is 0 Å². The van der Waals surface area contributed by atoms with Gasteiger partial charge in [0.2, 0.25) is 0 Å². The average Bonchev–Trinajstić information content (AvgIpc) is 2.42. The Balaban J connectivity index is 2.71. The van der Waals surface area contributed by atoms with Crippen LogP contribution in [0, 0.1) is 6.92 Å². The molecule has 0 atom stereocenters. The fourth-order valence-corrected chi connectivity index (χ4v) is 1.82. The molecule has 0 fully saturated rings. The van der Waals surface area contributed by atoms with Crippen LogP contribution in [0.25, 0.3) is 10.9 Å². The molecule has 0 unspecified atom stereocenters. The molecule has 0 amide bonds. The van der Waals surface area contributed by atoms with Crippen LogP contribution in [0.5, 0.6) is 0 Å². The SMILES string of the molecule is Cc1nn(C)c2ccc(C(C)C)cc12. The van der Waals surface area contributed by atoms with Crippen molar-refractivity contribution in [2.75, 3.05) is 0 Å². The minimum Gasteiger partial charge on any atom is -0.268 e. The largest absolute Gasteiger partial charge is 0.268 e. The zero-order valence-corrected chi connectivity index (χ0v) is 9.20. The highest BCUT2D eigenvalue weighted by atomic mass is 15.3. The molecule has 2 rings (SSSR count). The fourth-order valence-electron chi connectivity index (χ4n) is 1.82. The van der Waals surface area contributed by atoms with Crippen molar-refractivity contribution in [1.82, 2.24) is 9.78 Å². The van der Waals surface area contributed by atoms with Crippen molar-refractivity contribution in [3.63, 3.8) is 0 Å². The Labute approximate surface area is 84.5 Å². The monoisotopic (exact) mass is 188 g/mol. The summed E-state index contributed by atoms with van der Waals surface area (Å²) in [7, 11) is 1.99. The van der Waals surface area contributed by atoms with E-state index in [4.69, 9.17) is 0 Å². The van der Waals surface area contributed by atoms with Crippen molar-refractivity contribution in [3.8, 4) is 0 Å². The average molecular weight is 188 g/mol. The van der Waals surface area contributed by atoms with Gasteiger partial charge in [-0.3, -0.25) is 4.68 Å². The smallest absolute Gasteiger partial charge is 0.0682 e. The highest BCUT2D eigenvalue weighted by Gasteiger charge is 2.06. The minimum absolute atomic E-state index is 0.582. The van der Waals surface area contributed by atoms with Gasteiger partial charge in [-0.15, -0.1) is 0 Å². The summed E-state index contributed by atoms with van der Waals surface area (Å²) in [6, 6.07) is 6.60. The van der Waals surface area contributed by atoms with Crippen LogP contribution in [0.4, 0.5) is 0 Å². The minimum atomic E-state index is 0.582. The van der Waals surface area contributed by atoms with Crippen molar-refractivity contribution in [2.45, 2.75) is 26.7 Å². The molecule has 2 nitrogen and oxygen atoms in total. The number of benzene rings is 1. The summed E-state index contributed by atoms with van der Waals surface area (Å²) in [6.07, 6.45) is 0. The molecular weight excluding hydrogens is 172 g/mol. The lowest BCUT2D eigenvalue weighted by Crippen LogP contribution is -1.90. The molecule has 14 heavy (non-hydrogen) atoms. The lowest BCUT2D eigenvalue weighted by molar-refractivity contribution is 0.783. The molecule has 0 N–H and O–H groups in total. The predicted molar refractivity (Wildman–Crippen MR) is 59.5 cm³/mol. The first-order valence-electron chi connectivity index (χ1n) is 5.03. The number of hydrogen-bond donors (Lipinski definition) is 0. The van der Waals surface area contributed by atoms with Crippen molar-refractivity contribution in [1.29, 1.82) is 0 Å². The van der Waals surface area contributed by atoms with E-state index in [1.54, 1.807) is 0 Å². The highest BCUT2D eigenvalue weighted by molar-refractivity contribution is 5.82. The fraction of sp³-hybridized carbons (Fsp3) is 0.417. The molecule has 1 aromatic carbocycles. The lowest BCUT2D eigenvalue weighted by Gasteiger charge is -2.04. The first-order valence-corrected chi connectivity index (χ1v) is 5.03. The van der Waals surface area contributed by atoms with E-state index in [0.717, 1.165) is 5.69 Å². The number of rotatable bonds is 1. The van der Waals surface area contributed by atoms with Crippen LogP contribution in [0.15, 0.2) is 18.2 Å². The molecule has 2 heteroatoms. The van der Waals surface area contributed by atoms with Crippen LogP contribution >= 0.6 is 0 Å². The normalized spacial score (nSPS) is 11.5. The quantitative estimate of drug-likeness (QED) is 0.672. The zero-order chi connectivity index (χ0) is 10.3. The van der Waals surface area contributed by atoms with Gasteiger partial charge >= 0.3 is 0 Å². The molecule has 0 spiro atoms. The van der Waals surface area contributed by atoms with Crippen LogP contribution in [-0.2, 0) is 7.05 Å². The molecule has 0 aliphatic rings. The van der Waals surface area contributed by atoms with Gasteiger partial charge in [0.25, 0.3) is 0 Å². The van der Waals surface area contributed by atoms with Crippen molar-refractivity contribution in [3.05, 3.63) is 29.5 Å². The van der Waals surface area contributed by atoms with E-state index in [9.17, 15) is 0 Å². The first kappa shape index (κ1) is 9.25. The second-order valence-corrected chi connectivity index (χ2v) is 4.14. The molecule has 0 saturated heterocycles. The summed E-state index contributed by atoms with van der Waals surface area (Å²) in [5.41, 5.74) is 3.71. The van der Waals surface area contributed by atoms with E-state index in [0.29, 0.717) is 5.92 Å². The van der Waals surface area contributed by atoms with E-state index in [2.05, 4.69) is 44.1 Å². The number of aryl methyl sites for hydroxylation is 2. The standard InChI is InChI=1S/C12H16N2/c1-8(2)10-5-6-12-11(7-10)9(3)13-14(12)4/h5-8H,1-4H3. The molecule has 0 radical (unpaired) electrons. The topological polar surface area (TPSA) is 17.8 Å². The van der Waals surface area contributed by atoms with Gasteiger partial charge in [0, 0.05) is 12.4 Å². The maximum atomic E-state index is 4.41. The van der Waals surface area contributed by atoms with Gasteiger partial charge in [0.15, 0.2) is 0 Å². The van der Waals surface area contributed by atoms with Gasteiger partial charge in [-0.25, -0.2) is 0 Å². The number of fused-ring (bicyclic) bond motifs is 1. The Morgan fingerprint density at radius 3 is 2.64 bits per heavy atom. The second kappa shape index (κ2) is 3.12. The Hall–Kier alpha value is -1.31. The molecule has 1 heterocycles.